The van der Waals surface area contributed by atoms with Gasteiger partial charge in [-0.1, -0.05) is 19.0 Å². The Labute approximate surface area is 114 Å². The molecule has 0 aliphatic rings. The Bertz CT molecular complexity index is 380. The molecule has 2 N–H and O–H groups in total. The molecule has 0 aliphatic carbocycles. The normalized spacial score (nSPS) is 11.7. The Kier molecular flexibility index (Phi) is 6.95. The lowest BCUT2D eigenvalue weighted by Gasteiger charge is -2.11. The van der Waals surface area contributed by atoms with Gasteiger partial charge in [-0.15, -0.1) is 0 Å². The van der Waals surface area contributed by atoms with E-state index in [0.717, 1.165) is 42.4 Å². The Morgan fingerprint density at radius 2 is 2.11 bits per heavy atom. The molecule has 0 aliphatic heterocycles. The van der Waals surface area contributed by atoms with Gasteiger partial charge in [0, 0.05) is 39.2 Å². The zero-order chi connectivity index (χ0) is 14.1. The summed E-state index contributed by atoms with van der Waals surface area (Å²) in [5, 5.41) is 10.5. The number of ether oxygens (including phenoxy) is 1. The highest BCUT2D eigenvalue weighted by Crippen LogP contribution is 2.15. The van der Waals surface area contributed by atoms with Crippen LogP contribution in [-0.4, -0.2) is 38.4 Å². The van der Waals surface area contributed by atoms with E-state index in [4.69, 9.17) is 9.26 Å². The number of nitrogens with one attached hydrogen (secondary N) is 2. The second-order valence-corrected chi connectivity index (χ2v) is 4.08. The number of guanidine groups is 1. The molecule has 19 heavy (non-hydrogen) atoms. The zero-order valence-corrected chi connectivity index (χ0v) is 12.2. The summed E-state index contributed by atoms with van der Waals surface area (Å²) < 4.78 is 10.3. The summed E-state index contributed by atoms with van der Waals surface area (Å²) in [4.78, 5) is 4.16. The standard InChI is InChI=1S/C13H24N4O2/c1-5-11-10(12(6-2)19-17-11)9-16-13(14-3)15-7-8-18-4/h5-9H2,1-4H3,(H2,14,15,16). The van der Waals surface area contributed by atoms with Crippen LogP contribution in [0.2, 0.25) is 0 Å². The monoisotopic (exact) mass is 268 g/mol. The van der Waals surface area contributed by atoms with E-state index < -0.39 is 0 Å². The third-order valence-electron chi connectivity index (χ3n) is 2.86. The number of hydrogen-bond donors (Lipinski definition) is 2. The summed E-state index contributed by atoms with van der Waals surface area (Å²) in [6.07, 6.45) is 1.72. The van der Waals surface area contributed by atoms with Gasteiger partial charge in [0.2, 0.25) is 0 Å². The molecule has 0 amide bonds. The van der Waals surface area contributed by atoms with Crippen LogP contribution in [0.4, 0.5) is 0 Å². The lowest BCUT2D eigenvalue weighted by atomic mass is 10.1. The minimum absolute atomic E-state index is 0.647. The molecule has 6 nitrogen and oxygen atoms in total. The molecule has 1 aromatic heterocycles. The molecule has 1 aromatic rings. The van der Waals surface area contributed by atoms with E-state index in [0.29, 0.717) is 13.2 Å². The molecule has 6 heteroatoms. The molecule has 0 unspecified atom stereocenters. The largest absolute Gasteiger partial charge is 0.383 e. The molecule has 0 spiro atoms. The van der Waals surface area contributed by atoms with E-state index in [-0.39, 0.29) is 0 Å². The van der Waals surface area contributed by atoms with Crippen molar-refractivity contribution >= 4 is 5.96 Å². The van der Waals surface area contributed by atoms with E-state index in [2.05, 4.69) is 34.6 Å². The van der Waals surface area contributed by atoms with Gasteiger partial charge in [-0.05, 0) is 6.42 Å². The van der Waals surface area contributed by atoms with Gasteiger partial charge >= 0.3 is 0 Å². The highest BCUT2D eigenvalue weighted by Gasteiger charge is 2.13. The lowest BCUT2D eigenvalue weighted by molar-refractivity contribution is 0.203. The van der Waals surface area contributed by atoms with Crippen molar-refractivity contribution in [3.05, 3.63) is 17.0 Å². The molecule has 0 fully saturated rings. The van der Waals surface area contributed by atoms with Crippen LogP contribution in [0.1, 0.15) is 30.9 Å². The minimum atomic E-state index is 0.647. The fourth-order valence-corrected chi connectivity index (χ4v) is 1.80. The summed E-state index contributed by atoms with van der Waals surface area (Å²) in [7, 11) is 3.42. The Balaban J connectivity index is 2.57. The number of rotatable bonds is 7. The van der Waals surface area contributed by atoms with Crippen LogP contribution < -0.4 is 10.6 Å². The molecule has 1 rings (SSSR count). The summed E-state index contributed by atoms with van der Waals surface area (Å²) in [6, 6.07) is 0. The predicted molar refractivity (Wildman–Crippen MR) is 75.3 cm³/mol. The SMILES string of the molecule is CCc1noc(CC)c1CNC(=NC)NCCOC. The molecule has 1 heterocycles. The smallest absolute Gasteiger partial charge is 0.191 e. The Morgan fingerprint density at radius 1 is 1.32 bits per heavy atom. The van der Waals surface area contributed by atoms with Gasteiger partial charge in [0.15, 0.2) is 5.96 Å². The molecule has 0 aromatic carbocycles. The van der Waals surface area contributed by atoms with Gasteiger partial charge in [0.25, 0.3) is 0 Å². The maximum atomic E-state index is 5.33. The second-order valence-electron chi connectivity index (χ2n) is 4.08. The third-order valence-corrected chi connectivity index (χ3v) is 2.86. The van der Waals surface area contributed by atoms with Gasteiger partial charge in [0.05, 0.1) is 12.3 Å². The van der Waals surface area contributed by atoms with Gasteiger partial charge < -0.3 is 19.9 Å². The van der Waals surface area contributed by atoms with Crippen LogP contribution in [0.5, 0.6) is 0 Å². The first-order valence-corrected chi connectivity index (χ1v) is 6.66. The summed E-state index contributed by atoms with van der Waals surface area (Å²) in [5.74, 6) is 1.69. The first kappa shape index (κ1) is 15.5. The highest BCUT2D eigenvalue weighted by molar-refractivity contribution is 5.79. The van der Waals surface area contributed by atoms with Crippen LogP contribution in [0.15, 0.2) is 9.52 Å². The average molecular weight is 268 g/mol. The quantitative estimate of drug-likeness (QED) is 0.440. The van der Waals surface area contributed by atoms with Gasteiger partial charge in [0.1, 0.15) is 5.76 Å². The summed E-state index contributed by atoms with van der Waals surface area (Å²) >= 11 is 0. The average Bonchev–Trinajstić information content (AvgIpc) is 2.84. The van der Waals surface area contributed by atoms with Gasteiger partial charge in [-0.25, -0.2) is 0 Å². The first-order chi connectivity index (χ1) is 9.26. The molecule has 0 saturated carbocycles. The molecule has 0 saturated heterocycles. The predicted octanol–water partition coefficient (Wildman–Crippen LogP) is 1.11. The summed E-state index contributed by atoms with van der Waals surface area (Å²) in [6.45, 7) is 6.18. The number of hydrogen-bond acceptors (Lipinski definition) is 4. The number of aromatic nitrogens is 1. The van der Waals surface area contributed by atoms with E-state index in [1.165, 1.54) is 0 Å². The van der Waals surface area contributed by atoms with Crippen molar-refractivity contribution < 1.29 is 9.26 Å². The maximum absolute atomic E-state index is 5.33. The highest BCUT2D eigenvalue weighted by atomic mass is 16.5. The van der Waals surface area contributed by atoms with Gasteiger partial charge in [-0.3, -0.25) is 4.99 Å². The number of aliphatic imine (C=N–C) groups is 1. The molecule has 108 valence electrons. The van der Waals surface area contributed by atoms with E-state index in [9.17, 15) is 0 Å². The van der Waals surface area contributed by atoms with Crippen molar-refractivity contribution in [1.82, 2.24) is 15.8 Å². The number of nitrogens with zero attached hydrogens (tertiary/aromatic N) is 2. The Morgan fingerprint density at radius 3 is 2.68 bits per heavy atom. The number of aryl methyl sites for hydroxylation is 2. The molecular formula is C13H24N4O2. The fraction of sp³-hybridized carbons (Fsp3) is 0.692. The van der Waals surface area contributed by atoms with Gasteiger partial charge in [-0.2, -0.15) is 0 Å². The van der Waals surface area contributed by atoms with E-state index in [1.54, 1.807) is 14.2 Å². The van der Waals surface area contributed by atoms with Crippen LogP contribution in [0.3, 0.4) is 0 Å². The molecule has 0 radical (unpaired) electrons. The zero-order valence-electron chi connectivity index (χ0n) is 12.2. The van der Waals surface area contributed by atoms with Crippen LogP contribution >= 0.6 is 0 Å². The van der Waals surface area contributed by atoms with Crippen molar-refractivity contribution in [3.63, 3.8) is 0 Å². The molecular weight excluding hydrogens is 244 g/mol. The van der Waals surface area contributed by atoms with Crippen LogP contribution in [0.25, 0.3) is 0 Å². The number of methoxy groups -OCH3 is 1. The fourth-order valence-electron chi connectivity index (χ4n) is 1.80. The van der Waals surface area contributed by atoms with Crippen molar-refractivity contribution in [1.29, 1.82) is 0 Å². The van der Waals surface area contributed by atoms with Crippen LogP contribution in [-0.2, 0) is 24.1 Å². The van der Waals surface area contributed by atoms with E-state index >= 15 is 0 Å². The minimum Gasteiger partial charge on any atom is -0.383 e. The Hall–Kier alpha value is -1.56. The van der Waals surface area contributed by atoms with Crippen molar-refractivity contribution in [3.8, 4) is 0 Å². The first-order valence-electron chi connectivity index (χ1n) is 6.66. The van der Waals surface area contributed by atoms with Crippen LogP contribution in [0, 0.1) is 0 Å². The maximum Gasteiger partial charge on any atom is 0.191 e. The third kappa shape index (κ3) is 4.55. The molecule has 0 bridgehead atoms. The van der Waals surface area contributed by atoms with Crippen molar-refractivity contribution in [2.75, 3.05) is 27.3 Å². The van der Waals surface area contributed by atoms with Crippen molar-refractivity contribution in [2.45, 2.75) is 33.2 Å². The van der Waals surface area contributed by atoms with Crippen molar-refractivity contribution in [2.24, 2.45) is 4.99 Å². The summed E-state index contributed by atoms with van der Waals surface area (Å²) in [5.41, 5.74) is 2.15. The van der Waals surface area contributed by atoms with E-state index in [1.807, 2.05) is 0 Å². The topological polar surface area (TPSA) is 71.7 Å². The second kappa shape index (κ2) is 8.53. The molecule has 0 atom stereocenters. The lowest BCUT2D eigenvalue weighted by Crippen LogP contribution is -2.38.